The average Bonchev–Trinajstić information content (AvgIpc) is 2.67. The lowest BCUT2D eigenvalue weighted by molar-refractivity contribution is -0.132. The highest BCUT2D eigenvalue weighted by atomic mass is 35.5. The predicted octanol–water partition coefficient (Wildman–Crippen LogP) is 2.68. The summed E-state index contributed by atoms with van der Waals surface area (Å²) in [4.78, 5) is 26.1. The van der Waals surface area contributed by atoms with Crippen molar-refractivity contribution in [2.75, 3.05) is 5.73 Å². The van der Waals surface area contributed by atoms with Crippen molar-refractivity contribution in [3.8, 4) is 0 Å². The van der Waals surface area contributed by atoms with Gasteiger partial charge in [0.05, 0.1) is 6.54 Å². The number of nitrogens with zero attached hydrogens (tertiary/aromatic N) is 1. The summed E-state index contributed by atoms with van der Waals surface area (Å²) in [5.74, 6) is -0.147. The number of carbonyl (C=O) groups is 2. The van der Waals surface area contributed by atoms with Crippen molar-refractivity contribution in [3.63, 3.8) is 0 Å². The van der Waals surface area contributed by atoms with Crippen LogP contribution in [0.4, 0.5) is 10.5 Å². The third kappa shape index (κ3) is 2.35. The number of carbonyl (C=O) groups excluding carboxylic acids is 2. The van der Waals surface area contributed by atoms with Gasteiger partial charge in [0.15, 0.2) is 0 Å². The van der Waals surface area contributed by atoms with E-state index in [0.717, 1.165) is 19.3 Å². The Morgan fingerprint density at radius 3 is 2.62 bits per heavy atom. The average molecular weight is 308 g/mol. The van der Waals surface area contributed by atoms with Crippen LogP contribution in [-0.4, -0.2) is 22.4 Å². The second kappa shape index (κ2) is 5.22. The van der Waals surface area contributed by atoms with E-state index in [2.05, 4.69) is 5.32 Å². The van der Waals surface area contributed by atoms with Gasteiger partial charge in [-0.1, -0.05) is 36.9 Å². The number of urea groups is 1. The Morgan fingerprint density at radius 1 is 1.24 bits per heavy atom. The number of nitrogens with two attached hydrogens (primary N) is 1. The Hall–Kier alpha value is -1.75. The van der Waals surface area contributed by atoms with Crippen LogP contribution in [0.3, 0.4) is 0 Å². The Morgan fingerprint density at radius 2 is 1.95 bits per heavy atom. The van der Waals surface area contributed by atoms with Gasteiger partial charge in [-0.15, -0.1) is 0 Å². The maximum absolute atomic E-state index is 12.7. The summed E-state index contributed by atoms with van der Waals surface area (Å²) < 4.78 is 0. The van der Waals surface area contributed by atoms with Gasteiger partial charge in [0.1, 0.15) is 5.54 Å². The summed E-state index contributed by atoms with van der Waals surface area (Å²) in [5, 5.41) is 3.35. The van der Waals surface area contributed by atoms with Crippen molar-refractivity contribution in [1.82, 2.24) is 10.2 Å². The molecule has 6 heteroatoms. The number of imide groups is 1. The lowest BCUT2D eigenvalue weighted by Gasteiger charge is -2.30. The quantitative estimate of drug-likeness (QED) is 0.651. The zero-order valence-corrected chi connectivity index (χ0v) is 12.4. The van der Waals surface area contributed by atoms with Crippen LogP contribution in [0, 0.1) is 0 Å². The van der Waals surface area contributed by atoms with E-state index in [9.17, 15) is 9.59 Å². The first kappa shape index (κ1) is 14.2. The van der Waals surface area contributed by atoms with Gasteiger partial charge in [-0.25, -0.2) is 4.79 Å². The topological polar surface area (TPSA) is 75.4 Å². The van der Waals surface area contributed by atoms with E-state index in [-0.39, 0.29) is 18.5 Å². The smallest absolute Gasteiger partial charge is 0.325 e. The van der Waals surface area contributed by atoms with Crippen LogP contribution in [0.15, 0.2) is 18.2 Å². The summed E-state index contributed by atoms with van der Waals surface area (Å²) >= 11 is 6.13. The lowest BCUT2D eigenvalue weighted by atomic mass is 9.82. The molecule has 1 heterocycles. The van der Waals surface area contributed by atoms with Crippen LogP contribution in [0.5, 0.6) is 0 Å². The van der Waals surface area contributed by atoms with Gasteiger partial charge in [0, 0.05) is 16.3 Å². The molecule has 3 amide bonds. The summed E-state index contributed by atoms with van der Waals surface area (Å²) in [6.45, 7) is 0.123. The molecular formula is C15H18ClN3O2. The largest absolute Gasteiger partial charge is 0.398 e. The second-order valence-corrected chi connectivity index (χ2v) is 6.18. The SMILES string of the molecule is Nc1cccc(Cl)c1CN1C(=O)NC2(CCCCC2)C1=O. The number of benzene rings is 1. The zero-order chi connectivity index (χ0) is 15.0. The molecule has 21 heavy (non-hydrogen) atoms. The number of hydrogen-bond acceptors (Lipinski definition) is 3. The molecule has 0 aromatic heterocycles. The molecule has 112 valence electrons. The maximum Gasteiger partial charge on any atom is 0.325 e. The third-order valence-electron chi connectivity index (χ3n) is 4.42. The molecule has 5 nitrogen and oxygen atoms in total. The van der Waals surface area contributed by atoms with E-state index >= 15 is 0 Å². The molecule has 2 aliphatic rings. The van der Waals surface area contributed by atoms with Gasteiger partial charge in [-0.05, 0) is 25.0 Å². The molecule has 1 aromatic rings. The number of amides is 3. The van der Waals surface area contributed by atoms with Crippen molar-refractivity contribution in [2.24, 2.45) is 0 Å². The van der Waals surface area contributed by atoms with Crippen LogP contribution < -0.4 is 11.1 Å². The highest BCUT2D eigenvalue weighted by Crippen LogP contribution is 2.35. The molecule has 3 N–H and O–H groups in total. The Balaban J connectivity index is 1.86. The van der Waals surface area contributed by atoms with Gasteiger partial charge < -0.3 is 11.1 Å². The van der Waals surface area contributed by atoms with E-state index in [1.807, 2.05) is 0 Å². The molecule has 1 spiro atoms. The van der Waals surface area contributed by atoms with Gasteiger partial charge in [-0.2, -0.15) is 0 Å². The van der Waals surface area contributed by atoms with Gasteiger partial charge in [0.25, 0.3) is 5.91 Å². The zero-order valence-electron chi connectivity index (χ0n) is 11.7. The minimum Gasteiger partial charge on any atom is -0.398 e. The Kier molecular flexibility index (Phi) is 3.53. The lowest BCUT2D eigenvalue weighted by Crippen LogP contribution is -2.48. The van der Waals surface area contributed by atoms with Crippen LogP contribution in [0.1, 0.15) is 37.7 Å². The number of hydrogen-bond donors (Lipinski definition) is 2. The molecule has 0 radical (unpaired) electrons. The fourth-order valence-corrected chi connectivity index (χ4v) is 3.46. The molecule has 0 atom stereocenters. The minimum absolute atomic E-state index is 0.123. The molecule has 1 aliphatic heterocycles. The van der Waals surface area contributed by atoms with Crippen LogP contribution in [0.25, 0.3) is 0 Å². The van der Waals surface area contributed by atoms with E-state index in [1.54, 1.807) is 18.2 Å². The van der Waals surface area contributed by atoms with Crippen molar-refractivity contribution >= 4 is 29.2 Å². The first-order valence-corrected chi connectivity index (χ1v) is 7.58. The van der Waals surface area contributed by atoms with Crippen LogP contribution in [-0.2, 0) is 11.3 Å². The molecule has 0 bridgehead atoms. The first-order chi connectivity index (χ1) is 10.0. The van der Waals surface area contributed by atoms with E-state index < -0.39 is 5.54 Å². The monoisotopic (exact) mass is 307 g/mol. The summed E-state index contributed by atoms with van der Waals surface area (Å²) in [6.07, 6.45) is 4.47. The molecule has 1 aromatic carbocycles. The molecule has 1 saturated heterocycles. The highest BCUT2D eigenvalue weighted by molar-refractivity contribution is 6.31. The van der Waals surface area contributed by atoms with Gasteiger partial charge >= 0.3 is 6.03 Å². The fourth-order valence-electron chi connectivity index (χ4n) is 3.21. The number of rotatable bonds is 2. The summed E-state index contributed by atoms with van der Waals surface area (Å²) in [6, 6.07) is 4.83. The van der Waals surface area contributed by atoms with Gasteiger partial charge in [0.2, 0.25) is 0 Å². The highest BCUT2D eigenvalue weighted by Gasteiger charge is 2.51. The third-order valence-corrected chi connectivity index (χ3v) is 4.78. The Bertz CT molecular complexity index is 576. The van der Waals surface area contributed by atoms with Crippen molar-refractivity contribution in [1.29, 1.82) is 0 Å². The molecule has 2 fully saturated rings. The van der Waals surface area contributed by atoms with E-state index in [1.165, 1.54) is 4.90 Å². The summed E-state index contributed by atoms with van der Waals surface area (Å²) in [7, 11) is 0. The van der Waals surface area contributed by atoms with Gasteiger partial charge in [-0.3, -0.25) is 9.69 Å². The Labute approximate surface area is 128 Å². The normalized spacial score (nSPS) is 20.9. The molecular weight excluding hydrogens is 290 g/mol. The number of anilines is 1. The first-order valence-electron chi connectivity index (χ1n) is 7.20. The van der Waals surface area contributed by atoms with E-state index in [0.29, 0.717) is 29.1 Å². The second-order valence-electron chi connectivity index (χ2n) is 5.77. The van der Waals surface area contributed by atoms with Crippen molar-refractivity contribution in [2.45, 2.75) is 44.2 Å². The predicted molar refractivity (Wildman–Crippen MR) is 80.8 cm³/mol. The number of halogens is 1. The molecule has 3 rings (SSSR count). The molecule has 1 saturated carbocycles. The van der Waals surface area contributed by atoms with E-state index in [4.69, 9.17) is 17.3 Å². The number of nitrogen functional groups attached to an aromatic ring is 1. The van der Waals surface area contributed by atoms with Crippen LogP contribution in [0.2, 0.25) is 5.02 Å². The summed E-state index contributed by atoms with van der Waals surface area (Å²) in [5.41, 5.74) is 6.32. The van der Waals surface area contributed by atoms with Crippen molar-refractivity contribution < 1.29 is 9.59 Å². The van der Waals surface area contributed by atoms with Crippen LogP contribution >= 0.6 is 11.6 Å². The fraction of sp³-hybridized carbons (Fsp3) is 0.467. The maximum atomic E-state index is 12.7. The van der Waals surface area contributed by atoms with Crippen molar-refractivity contribution in [3.05, 3.63) is 28.8 Å². The number of nitrogens with one attached hydrogen (secondary N) is 1. The molecule has 0 unspecified atom stereocenters. The standard InChI is InChI=1S/C15H18ClN3O2/c16-11-5-4-6-12(17)10(11)9-19-13(20)15(18-14(19)21)7-2-1-3-8-15/h4-6H,1-3,7-9,17H2,(H,18,21). The minimum atomic E-state index is -0.703. The molecule has 1 aliphatic carbocycles.